The number of aryl methyl sites for hydroxylation is 1. The van der Waals surface area contributed by atoms with Crippen LogP contribution in [0.15, 0.2) is 42.5 Å². The van der Waals surface area contributed by atoms with Crippen molar-refractivity contribution in [3.8, 4) is 5.75 Å². The highest BCUT2D eigenvalue weighted by Crippen LogP contribution is 2.18. The van der Waals surface area contributed by atoms with Crippen molar-refractivity contribution in [3.63, 3.8) is 0 Å². The number of amides is 1. The Morgan fingerprint density at radius 3 is 2.54 bits per heavy atom. The maximum atomic E-state index is 12.2. The van der Waals surface area contributed by atoms with Gasteiger partial charge in [0.2, 0.25) is 5.91 Å². The van der Waals surface area contributed by atoms with Crippen LogP contribution in [0.25, 0.3) is 0 Å². The number of nitrogens with zero attached hydrogens (tertiary/aromatic N) is 1. The summed E-state index contributed by atoms with van der Waals surface area (Å²) in [5.41, 5.74) is 3.10. The second-order valence-corrected chi connectivity index (χ2v) is 7.00. The van der Waals surface area contributed by atoms with E-state index >= 15 is 0 Å². The van der Waals surface area contributed by atoms with Gasteiger partial charge in [0.1, 0.15) is 5.75 Å². The van der Waals surface area contributed by atoms with Gasteiger partial charge in [0.25, 0.3) is 0 Å². The van der Waals surface area contributed by atoms with Crippen molar-refractivity contribution in [1.82, 2.24) is 4.90 Å². The first kappa shape index (κ1) is 18.7. The van der Waals surface area contributed by atoms with Crippen LogP contribution in [0, 0.1) is 10.5 Å². The van der Waals surface area contributed by atoms with E-state index in [2.05, 4.69) is 34.0 Å². The zero-order valence-electron chi connectivity index (χ0n) is 14.3. The highest BCUT2D eigenvalue weighted by atomic mass is 127. The fourth-order valence-corrected chi connectivity index (χ4v) is 3.07. The summed E-state index contributed by atoms with van der Waals surface area (Å²) in [7, 11) is 1.94. The van der Waals surface area contributed by atoms with Crippen LogP contribution in [0.2, 0.25) is 0 Å². The lowest BCUT2D eigenvalue weighted by atomic mass is 10.2. The molecule has 0 heterocycles. The zero-order chi connectivity index (χ0) is 17.5. The lowest BCUT2D eigenvalue weighted by Gasteiger charge is -2.17. The van der Waals surface area contributed by atoms with Gasteiger partial charge in [-0.2, -0.15) is 0 Å². The molecule has 0 aliphatic rings. The molecule has 24 heavy (non-hydrogen) atoms. The molecule has 1 amide bonds. The predicted molar refractivity (Wildman–Crippen MR) is 106 cm³/mol. The molecule has 5 heteroatoms. The summed E-state index contributed by atoms with van der Waals surface area (Å²) in [6.45, 7) is 5.69. The minimum Gasteiger partial charge on any atom is -0.494 e. The lowest BCUT2D eigenvalue weighted by Crippen LogP contribution is -2.30. The number of rotatable bonds is 7. The lowest BCUT2D eigenvalue weighted by molar-refractivity contribution is -0.117. The molecule has 0 saturated heterocycles. The number of hydrogen-bond donors (Lipinski definition) is 1. The Morgan fingerprint density at radius 2 is 1.92 bits per heavy atom. The van der Waals surface area contributed by atoms with Gasteiger partial charge < -0.3 is 10.1 Å². The first-order valence-corrected chi connectivity index (χ1v) is 9.02. The van der Waals surface area contributed by atoms with Crippen LogP contribution < -0.4 is 10.1 Å². The summed E-state index contributed by atoms with van der Waals surface area (Å²) in [5, 5.41) is 2.98. The Hall–Kier alpha value is -1.60. The van der Waals surface area contributed by atoms with E-state index in [1.807, 2.05) is 62.2 Å². The Labute approximate surface area is 157 Å². The molecular weight excluding hydrogens is 415 g/mol. The third-order valence-electron chi connectivity index (χ3n) is 3.56. The monoisotopic (exact) mass is 438 g/mol. The normalized spacial score (nSPS) is 10.7. The zero-order valence-corrected chi connectivity index (χ0v) is 16.5. The summed E-state index contributed by atoms with van der Waals surface area (Å²) in [4.78, 5) is 14.2. The smallest absolute Gasteiger partial charge is 0.238 e. The fraction of sp³-hybridized carbons (Fsp3) is 0.316. The van der Waals surface area contributed by atoms with E-state index in [-0.39, 0.29) is 5.91 Å². The molecule has 0 aliphatic heterocycles. The van der Waals surface area contributed by atoms with Crippen molar-refractivity contribution in [2.75, 3.05) is 25.5 Å². The molecule has 2 rings (SSSR count). The first-order valence-electron chi connectivity index (χ1n) is 7.94. The Kier molecular flexibility index (Phi) is 7.05. The Morgan fingerprint density at radius 1 is 1.21 bits per heavy atom. The van der Waals surface area contributed by atoms with Gasteiger partial charge in [-0.3, -0.25) is 9.69 Å². The van der Waals surface area contributed by atoms with Gasteiger partial charge in [-0.1, -0.05) is 12.1 Å². The molecule has 0 bridgehead atoms. The molecule has 0 spiro atoms. The van der Waals surface area contributed by atoms with Gasteiger partial charge in [-0.25, -0.2) is 0 Å². The van der Waals surface area contributed by atoms with E-state index < -0.39 is 0 Å². The summed E-state index contributed by atoms with van der Waals surface area (Å²) in [6.07, 6.45) is 0. The first-order chi connectivity index (χ1) is 11.5. The van der Waals surface area contributed by atoms with Crippen LogP contribution in [-0.4, -0.2) is 31.0 Å². The summed E-state index contributed by atoms with van der Waals surface area (Å²) in [6, 6.07) is 14.0. The highest BCUT2D eigenvalue weighted by molar-refractivity contribution is 14.1. The van der Waals surface area contributed by atoms with Crippen LogP contribution in [-0.2, 0) is 11.3 Å². The average Bonchev–Trinajstić information content (AvgIpc) is 2.52. The minimum absolute atomic E-state index is 0.00672. The average molecular weight is 438 g/mol. The molecule has 0 aromatic heterocycles. The molecule has 1 N–H and O–H groups in total. The van der Waals surface area contributed by atoms with E-state index in [1.165, 1.54) is 0 Å². The number of ether oxygens (including phenoxy) is 1. The standard InChI is InChI=1S/C19H23IN2O2/c1-4-24-17-8-5-15(6-9-17)12-22(3)13-19(23)21-18-10-7-16(20)11-14(18)2/h5-11H,4,12-13H2,1-3H3,(H,21,23). The van der Waals surface area contributed by atoms with Crippen LogP contribution in [0.5, 0.6) is 5.75 Å². The molecule has 0 unspecified atom stereocenters. The third kappa shape index (κ3) is 5.79. The number of carbonyl (C=O) groups is 1. The molecule has 0 fully saturated rings. The number of anilines is 1. The van der Waals surface area contributed by atoms with E-state index in [9.17, 15) is 4.79 Å². The number of benzene rings is 2. The van der Waals surface area contributed by atoms with Crippen molar-refractivity contribution in [3.05, 3.63) is 57.2 Å². The second kappa shape index (κ2) is 9.03. The molecule has 128 valence electrons. The predicted octanol–water partition coefficient (Wildman–Crippen LogP) is 4.07. The number of carbonyl (C=O) groups excluding carboxylic acids is 1. The van der Waals surface area contributed by atoms with Crippen molar-refractivity contribution in [1.29, 1.82) is 0 Å². The van der Waals surface area contributed by atoms with E-state index in [4.69, 9.17) is 4.74 Å². The molecule has 0 radical (unpaired) electrons. The minimum atomic E-state index is -0.00672. The van der Waals surface area contributed by atoms with Crippen LogP contribution in [0.3, 0.4) is 0 Å². The van der Waals surface area contributed by atoms with Gasteiger partial charge >= 0.3 is 0 Å². The van der Waals surface area contributed by atoms with Gasteiger partial charge in [-0.05, 0) is 84.9 Å². The van der Waals surface area contributed by atoms with E-state index in [0.29, 0.717) is 19.7 Å². The molecule has 0 atom stereocenters. The number of hydrogen-bond acceptors (Lipinski definition) is 3. The largest absolute Gasteiger partial charge is 0.494 e. The summed E-state index contributed by atoms with van der Waals surface area (Å²) < 4.78 is 6.60. The summed E-state index contributed by atoms with van der Waals surface area (Å²) in [5.74, 6) is 0.864. The van der Waals surface area contributed by atoms with Gasteiger partial charge in [0.15, 0.2) is 0 Å². The van der Waals surface area contributed by atoms with Crippen LogP contribution >= 0.6 is 22.6 Å². The SMILES string of the molecule is CCOc1ccc(CN(C)CC(=O)Nc2ccc(I)cc2C)cc1. The van der Waals surface area contributed by atoms with E-state index in [1.54, 1.807) is 0 Å². The maximum absolute atomic E-state index is 12.2. The van der Waals surface area contributed by atoms with Crippen molar-refractivity contribution < 1.29 is 9.53 Å². The van der Waals surface area contributed by atoms with Crippen molar-refractivity contribution >= 4 is 34.2 Å². The van der Waals surface area contributed by atoms with Crippen molar-refractivity contribution in [2.24, 2.45) is 0 Å². The topological polar surface area (TPSA) is 41.6 Å². The Balaban J connectivity index is 1.86. The Bertz CT molecular complexity index is 686. The van der Waals surface area contributed by atoms with Gasteiger partial charge in [0.05, 0.1) is 13.2 Å². The van der Waals surface area contributed by atoms with E-state index in [0.717, 1.165) is 26.1 Å². The number of nitrogens with one attached hydrogen (secondary N) is 1. The quantitative estimate of drug-likeness (QED) is 0.663. The number of halogens is 1. The molecule has 0 saturated carbocycles. The maximum Gasteiger partial charge on any atom is 0.238 e. The third-order valence-corrected chi connectivity index (χ3v) is 4.23. The summed E-state index contributed by atoms with van der Waals surface area (Å²) >= 11 is 2.27. The highest BCUT2D eigenvalue weighted by Gasteiger charge is 2.09. The van der Waals surface area contributed by atoms with Gasteiger partial charge in [0, 0.05) is 15.8 Å². The fourth-order valence-electron chi connectivity index (χ4n) is 2.43. The van der Waals surface area contributed by atoms with Crippen LogP contribution in [0.1, 0.15) is 18.1 Å². The van der Waals surface area contributed by atoms with Crippen molar-refractivity contribution in [2.45, 2.75) is 20.4 Å². The molecule has 2 aromatic carbocycles. The molecular formula is C19H23IN2O2. The molecule has 2 aromatic rings. The second-order valence-electron chi connectivity index (χ2n) is 5.76. The van der Waals surface area contributed by atoms with Crippen LogP contribution in [0.4, 0.5) is 5.69 Å². The van der Waals surface area contributed by atoms with Gasteiger partial charge in [-0.15, -0.1) is 0 Å². The molecule has 4 nitrogen and oxygen atoms in total. The molecule has 0 aliphatic carbocycles. The number of likely N-dealkylation sites (N-methyl/N-ethyl adjacent to an activating group) is 1.